The molecule has 0 saturated heterocycles. The second-order valence-electron chi connectivity index (χ2n) is 7.25. The normalized spacial score (nSPS) is 11.2. The highest BCUT2D eigenvalue weighted by Gasteiger charge is 2.31. The molecule has 2 amide bonds. The highest BCUT2D eigenvalue weighted by atomic mass is 19.4. The first-order chi connectivity index (χ1) is 15.6. The molecular weight excluding hydrogens is 441 g/mol. The molecule has 11 heteroatoms. The molecule has 1 aromatic heterocycles. The summed E-state index contributed by atoms with van der Waals surface area (Å²) < 4.78 is 45.5. The molecule has 1 heterocycles. The van der Waals surface area contributed by atoms with Crippen LogP contribution in [0.15, 0.2) is 53.1 Å². The highest BCUT2D eigenvalue weighted by Crippen LogP contribution is 2.24. The number of amides is 2. The number of carbonyl (C=O) groups excluding carboxylic acids is 2. The number of nitrogens with zero attached hydrogens (tertiary/aromatic N) is 3. The molecule has 33 heavy (non-hydrogen) atoms. The van der Waals surface area contributed by atoms with Crippen molar-refractivity contribution in [2.24, 2.45) is 0 Å². The van der Waals surface area contributed by atoms with Gasteiger partial charge in [0.1, 0.15) is 5.75 Å². The van der Waals surface area contributed by atoms with Gasteiger partial charge in [-0.3, -0.25) is 9.59 Å². The first-order valence-electron chi connectivity index (χ1n) is 9.88. The maximum absolute atomic E-state index is 12.3. The van der Waals surface area contributed by atoms with Crippen molar-refractivity contribution in [2.45, 2.75) is 26.1 Å². The van der Waals surface area contributed by atoms with Gasteiger partial charge in [0.05, 0.1) is 6.54 Å². The van der Waals surface area contributed by atoms with E-state index in [0.717, 1.165) is 23.3 Å². The summed E-state index contributed by atoms with van der Waals surface area (Å²) in [5, 5.41) is 6.42. The summed E-state index contributed by atoms with van der Waals surface area (Å²) in [6, 6.07) is 12.3. The standard InChI is InChI=1S/C22H21F3N4O4/c1-14-3-5-15(6-4-14)21-27-19(33-28-21)11-12-20(31)29(2)13-18(30)26-16-7-9-17(10-8-16)32-22(23,24)25/h3-10H,11-13H2,1-2H3,(H,26,30). The van der Waals surface area contributed by atoms with Crippen molar-refractivity contribution in [3.05, 3.63) is 60.0 Å². The molecule has 0 atom stereocenters. The fraction of sp³-hybridized carbons (Fsp3) is 0.273. The molecular formula is C22H21F3N4O4. The Morgan fingerprint density at radius 3 is 2.39 bits per heavy atom. The third kappa shape index (κ3) is 7.34. The molecule has 0 bridgehead atoms. The number of hydrogen-bond acceptors (Lipinski definition) is 6. The van der Waals surface area contributed by atoms with Crippen LogP contribution in [0.5, 0.6) is 5.75 Å². The molecule has 0 spiro atoms. The number of aromatic nitrogens is 2. The number of benzene rings is 2. The quantitative estimate of drug-likeness (QED) is 0.544. The van der Waals surface area contributed by atoms with Crippen LogP contribution in [0.3, 0.4) is 0 Å². The maximum atomic E-state index is 12.3. The first kappa shape index (κ1) is 23.8. The summed E-state index contributed by atoms with van der Waals surface area (Å²) in [7, 11) is 1.47. The SMILES string of the molecule is Cc1ccc(-c2noc(CCC(=O)N(C)CC(=O)Nc3ccc(OC(F)(F)F)cc3)n2)cc1. The van der Waals surface area contributed by atoms with Crippen molar-refractivity contribution in [1.29, 1.82) is 0 Å². The molecule has 0 saturated carbocycles. The van der Waals surface area contributed by atoms with Gasteiger partial charge in [-0.25, -0.2) is 0 Å². The number of ether oxygens (including phenoxy) is 1. The van der Waals surface area contributed by atoms with Gasteiger partial charge >= 0.3 is 6.36 Å². The largest absolute Gasteiger partial charge is 0.573 e. The molecule has 2 aromatic carbocycles. The van der Waals surface area contributed by atoms with Crippen molar-refractivity contribution >= 4 is 17.5 Å². The summed E-state index contributed by atoms with van der Waals surface area (Å²) in [6.45, 7) is 1.73. The minimum atomic E-state index is -4.79. The van der Waals surface area contributed by atoms with Gasteiger partial charge in [-0.2, -0.15) is 4.98 Å². The van der Waals surface area contributed by atoms with Gasteiger partial charge in [0.25, 0.3) is 0 Å². The first-order valence-corrected chi connectivity index (χ1v) is 9.88. The fourth-order valence-corrected chi connectivity index (χ4v) is 2.83. The minimum Gasteiger partial charge on any atom is -0.406 e. The van der Waals surface area contributed by atoms with Gasteiger partial charge in [0.2, 0.25) is 23.5 Å². The van der Waals surface area contributed by atoms with Gasteiger partial charge in [-0.05, 0) is 31.2 Å². The average Bonchev–Trinajstić information content (AvgIpc) is 3.22. The monoisotopic (exact) mass is 462 g/mol. The molecule has 0 aliphatic carbocycles. The molecule has 3 rings (SSSR count). The van der Waals surface area contributed by atoms with Crippen LogP contribution in [-0.4, -0.2) is 46.8 Å². The van der Waals surface area contributed by atoms with Crippen LogP contribution in [-0.2, 0) is 16.0 Å². The predicted octanol–water partition coefficient (Wildman–Crippen LogP) is 3.97. The number of alkyl halides is 3. The van der Waals surface area contributed by atoms with Crippen LogP contribution in [0.25, 0.3) is 11.4 Å². The van der Waals surface area contributed by atoms with E-state index in [0.29, 0.717) is 11.7 Å². The van der Waals surface area contributed by atoms with E-state index in [1.54, 1.807) is 0 Å². The number of carbonyl (C=O) groups is 2. The van der Waals surface area contributed by atoms with Gasteiger partial charge in [-0.1, -0.05) is 35.0 Å². The van der Waals surface area contributed by atoms with Crippen molar-refractivity contribution in [2.75, 3.05) is 18.9 Å². The van der Waals surface area contributed by atoms with E-state index in [2.05, 4.69) is 20.2 Å². The Balaban J connectivity index is 1.45. The number of rotatable bonds is 8. The topological polar surface area (TPSA) is 97.6 Å². The number of halogens is 3. The van der Waals surface area contributed by atoms with Crippen LogP contribution >= 0.6 is 0 Å². The van der Waals surface area contributed by atoms with Gasteiger partial charge in [-0.15, -0.1) is 13.2 Å². The van der Waals surface area contributed by atoms with Crippen LogP contribution in [0.2, 0.25) is 0 Å². The molecule has 3 aromatic rings. The predicted molar refractivity (Wildman–Crippen MR) is 112 cm³/mol. The van der Waals surface area contributed by atoms with Gasteiger partial charge in [0, 0.05) is 31.1 Å². The van der Waals surface area contributed by atoms with E-state index in [4.69, 9.17) is 4.52 Å². The molecule has 0 aliphatic heterocycles. The Labute approximate surface area is 187 Å². The Morgan fingerprint density at radius 2 is 1.76 bits per heavy atom. The zero-order valence-electron chi connectivity index (χ0n) is 17.8. The lowest BCUT2D eigenvalue weighted by Crippen LogP contribution is -2.35. The van der Waals surface area contributed by atoms with E-state index >= 15 is 0 Å². The summed E-state index contributed by atoms with van der Waals surface area (Å²) in [5.74, 6) is -0.488. The number of likely N-dealkylation sites (N-methyl/N-ethyl adjacent to an activating group) is 1. The zero-order chi connectivity index (χ0) is 24.0. The molecule has 174 valence electrons. The van der Waals surface area contributed by atoms with Crippen molar-refractivity contribution in [3.63, 3.8) is 0 Å². The van der Waals surface area contributed by atoms with Crippen LogP contribution in [0.4, 0.5) is 18.9 Å². The minimum absolute atomic E-state index is 0.0583. The van der Waals surface area contributed by atoms with Crippen molar-refractivity contribution in [1.82, 2.24) is 15.0 Å². The Bertz CT molecular complexity index is 1100. The molecule has 0 aliphatic rings. The Kier molecular flexibility index (Phi) is 7.31. The summed E-state index contributed by atoms with van der Waals surface area (Å²) in [4.78, 5) is 30.0. The molecule has 0 fully saturated rings. The number of anilines is 1. The summed E-state index contributed by atoms with van der Waals surface area (Å²) in [6.07, 6.45) is -4.52. The van der Waals surface area contributed by atoms with Crippen LogP contribution in [0.1, 0.15) is 17.9 Å². The molecule has 8 nitrogen and oxygen atoms in total. The maximum Gasteiger partial charge on any atom is 0.573 e. The third-order valence-electron chi connectivity index (χ3n) is 4.51. The third-order valence-corrected chi connectivity index (χ3v) is 4.51. The summed E-state index contributed by atoms with van der Waals surface area (Å²) >= 11 is 0. The lowest BCUT2D eigenvalue weighted by Gasteiger charge is -2.16. The van der Waals surface area contributed by atoms with Crippen molar-refractivity contribution < 1.29 is 32.0 Å². The Morgan fingerprint density at radius 1 is 1.09 bits per heavy atom. The fourth-order valence-electron chi connectivity index (χ4n) is 2.83. The van der Waals surface area contributed by atoms with E-state index in [1.165, 1.54) is 24.1 Å². The number of nitrogens with one attached hydrogen (secondary N) is 1. The zero-order valence-corrected chi connectivity index (χ0v) is 17.8. The van der Waals surface area contributed by atoms with Crippen LogP contribution < -0.4 is 10.1 Å². The number of aryl methyl sites for hydroxylation is 2. The number of hydrogen-bond donors (Lipinski definition) is 1. The van der Waals surface area contributed by atoms with Crippen LogP contribution in [0, 0.1) is 6.92 Å². The average molecular weight is 462 g/mol. The van der Waals surface area contributed by atoms with E-state index < -0.39 is 18.0 Å². The van der Waals surface area contributed by atoms with Crippen molar-refractivity contribution in [3.8, 4) is 17.1 Å². The molecule has 1 N–H and O–H groups in total. The smallest absolute Gasteiger partial charge is 0.406 e. The second kappa shape index (κ2) is 10.2. The lowest BCUT2D eigenvalue weighted by molar-refractivity contribution is -0.274. The second-order valence-corrected chi connectivity index (χ2v) is 7.25. The van der Waals surface area contributed by atoms with E-state index in [9.17, 15) is 22.8 Å². The van der Waals surface area contributed by atoms with E-state index in [-0.39, 0.29) is 31.0 Å². The molecule has 0 radical (unpaired) electrons. The van der Waals surface area contributed by atoms with Gasteiger partial charge < -0.3 is 19.5 Å². The Hall–Kier alpha value is -3.89. The lowest BCUT2D eigenvalue weighted by atomic mass is 10.1. The molecule has 0 unspecified atom stereocenters. The summed E-state index contributed by atoms with van der Waals surface area (Å²) in [5.41, 5.74) is 2.17. The van der Waals surface area contributed by atoms with Gasteiger partial charge in [0.15, 0.2) is 0 Å². The van der Waals surface area contributed by atoms with E-state index in [1.807, 2.05) is 31.2 Å². The highest BCUT2D eigenvalue weighted by molar-refractivity contribution is 5.94.